The Labute approximate surface area is 90.7 Å². The number of benzene rings is 1. The second-order valence-corrected chi connectivity index (χ2v) is 4.45. The van der Waals surface area contributed by atoms with E-state index in [4.69, 9.17) is 0 Å². The Morgan fingerprint density at radius 1 is 1.40 bits per heavy atom. The summed E-state index contributed by atoms with van der Waals surface area (Å²) >= 11 is 0. The van der Waals surface area contributed by atoms with Gasteiger partial charge in [-0.3, -0.25) is 4.79 Å². The summed E-state index contributed by atoms with van der Waals surface area (Å²) in [5.74, 6) is 0.217. The molecule has 1 aromatic carbocycles. The topological polar surface area (TPSA) is 29.1 Å². The molecule has 0 heterocycles. The first-order chi connectivity index (χ1) is 7.18. The molecule has 1 amide bonds. The predicted octanol–water partition coefficient (Wildman–Crippen LogP) is 2.45. The minimum Gasteiger partial charge on any atom is -0.349 e. The first-order valence-corrected chi connectivity index (χ1v) is 5.56. The van der Waals surface area contributed by atoms with Crippen molar-refractivity contribution in [3.05, 3.63) is 35.4 Å². The molecule has 0 aromatic heterocycles. The highest BCUT2D eigenvalue weighted by molar-refractivity contribution is 5.78. The number of hydrogen-bond acceptors (Lipinski definition) is 1. The molecule has 0 radical (unpaired) electrons. The number of carbonyl (C=O) groups is 1. The lowest BCUT2D eigenvalue weighted by molar-refractivity contribution is -0.124. The van der Waals surface area contributed by atoms with E-state index >= 15 is 0 Å². The normalized spacial score (nSPS) is 19.0. The summed E-state index contributed by atoms with van der Waals surface area (Å²) < 4.78 is 0. The molecule has 2 heteroatoms. The van der Waals surface area contributed by atoms with Crippen LogP contribution in [0.5, 0.6) is 0 Å². The summed E-state index contributed by atoms with van der Waals surface area (Å²) in [6.45, 7) is 3.85. The zero-order valence-electron chi connectivity index (χ0n) is 9.29. The molecule has 0 unspecified atom stereocenters. The monoisotopic (exact) mass is 203 g/mol. The lowest BCUT2D eigenvalue weighted by Crippen LogP contribution is -2.30. The molecular weight excluding hydrogens is 186 g/mol. The Kier molecular flexibility index (Phi) is 2.76. The molecule has 2 rings (SSSR count). The van der Waals surface area contributed by atoms with E-state index in [0.717, 1.165) is 12.8 Å². The molecule has 1 atom stereocenters. The van der Waals surface area contributed by atoms with E-state index in [-0.39, 0.29) is 17.9 Å². The van der Waals surface area contributed by atoms with Gasteiger partial charge in [0.1, 0.15) is 0 Å². The predicted molar refractivity (Wildman–Crippen MR) is 60.5 cm³/mol. The summed E-state index contributed by atoms with van der Waals surface area (Å²) in [6, 6.07) is 8.60. The lowest BCUT2D eigenvalue weighted by Gasteiger charge is -2.15. The Morgan fingerprint density at radius 3 is 2.87 bits per heavy atom. The molecule has 1 N–H and O–H groups in total. The summed E-state index contributed by atoms with van der Waals surface area (Å²) in [6.07, 6.45) is 2.12. The van der Waals surface area contributed by atoms with Crippen LogP contribution in [-0.2, 0) is 11.2 Å². The van der Waals surface area contributed by atoms with E-state index < -0.39 is 0 Å². The summed E-state index contributed by atoms with van der Waals surface area (Å²) in [4.78, 5) is 11.6. The molecule has 0 spiro atoms. The van der Waals surface area contributed by atoms with Crippen LogP contribution in [-0.4, -0.2) is 5.91 Å². The standard InChI is InChI=1S/C13H17NO/c1-9(2)13(15)14-12-8-7-10-5-3-4-6-11(10)12/h3-6,9,12H,7-8H2,1-2H3,(H,14,15)/t12-/m1/s1. The number of hydrogen-bond donors (Lipinski definition) is 1. The molecule has 0 saturated heterocycles. The largest absolute Gasteiger partial charge is 0.349 e. The van der Waals surface area contributed by atoms with E-state index in [0.29, 0.717) is 0 Å². The van der Waals surface area contributed by atoms with Gasteiger partial charge in [0.05, 0.1) is 6.04 Å². The Morgan fingerprint density at radius 2 is 2.13 bits per heavy atom. The highest BCUT2D eigenvalue weighted by Crippen LogP contribution is 2.30. The van der Waals surface area contributed by atoms with Gasteiger partial charge in [0.2, 0.25) is 5.91 Å². The zero-order chi connectivity index (χ0) is 10.8. The molecule has 1 aromatic rings. The van der Waals surface area contributed by atoms with Gasteiger partial charge in [-0.15, -0.1) is 0 Å². The van der Waals surface area contributed by atoms with Gasteiger partial charge < -0.3 is 5.32 Å². The van der Waals surface area contributed by atoms with Crippen molar-refractivity contribution in [1.82, 2.24) is 5.32 Å². The molecule has 1 aliphatic rings. The Bertz CT molecular complexity index is 371. The summed E-state index contributed by atoms with van der Waals surface area (Å²) in [5.41, 5.74) is 2.68. The average molecular weight is 203 g/mol. The van der Waals surface area contributed by atoms with E-state index in [1.54, 1.807) is 0 Å². The molecule has 80 valence electrons. The number of amides is 1. The van der Waals surface area contributed by atoms with Crippen LogP contribution < -0.4 is 5.32 Å². The fraction of sp³-hybridized carbons (Fsp3) is 0.462. The third kappa shape index (κ3) is 2.04. The number of carbonyl (C=O) groups excluding carboxylic acids is 1. The zero-order valence-corrected chi connectivity index (χ0v) is 9.29. The van der Waals surface area contributed by atoms with Crippen molar-refractivity contribution >= 4 is 5.91 Å². The van der Waals surface area contributed by atoms with Crippen molar-refractivity contribution in [2.75, 3.05) is 0 Å². The van der Waals surface area contributed by atoms with E-state index in [9.17, 15) is 4.79 Å². The maximum atomic E-state index is 11.6. The highest BCUT2D eigenvalue weighted by atomic mass is 16.1. The van der Waals surface area contributed by atoms with Crippen LogP contribution >= 0.6 is 0 Å². The van der Waals surface area contributed by atoms with E-state index in [2.05, 4.69) is 23.5 Å². The van der Waals surface area contributed by atoms with Gasteiger partial charge in [-0.1, -0.05) is 38.1 Å². The minimum absolute atomic E-state index is 0.0674. The molecule has 0 aliphatic heterocycles. The lowest BCUT2D eigenvalue weighted by atomic mass is 10.1. The van der Waals surface area contributed by atoms with E-state index in [1.165, 1.54) is 11.1 Å². The van der Waals surface area contributed by atoms with Crippen molar-refractivity contribution in [2.45, 2.75) is 32.7 Å². The molecular formula is C13H17NO. The SMILES string of the molecule is CC(C)C(=O)N[C@@H]1CCc2ccccc21. The van der Waals surface area contributed by atoms with Gasteiger partial charge in [0, 0.05) is 5.92 Å². The van der Waals surface area contributed by atoms with E-state index in [1.807, 2.05) is 19.9 Å². The maximum Gasteiger partial charge on any atom is 0.223 e. The van der Waals surface area contributed by atoms with Crippen LogP contribution in [0.15, 0.2) is 24.3 Å². The quantitative estimate of drug-likeness (QED) is 0.786. The molecule has 0 fully saturated rings. The van der Waals surface area contributed by atoms with Crippen molar-refractivity contribution in [2.24, 2.45) is 5.92 Å². The number of nitrogens with one attached hydrogen (secondary N) is 1. The average Bonchev–Trinajstić information content (AvgIpc) is 2.62. The van der Waals surface area contributed by atoms with Gasteiger partial charge in [0.15, 0.2) is 0 Å². The second-order valence-electron chi connectivity index (χ2n) is 4.45. The van der Waals surface area contributed by atoms with Crippen LogP contribution in [0.25, 0.3) is 0 Å². The minimum atomic E-state index is 0.0674. The molecule has 2 nitrogen and oxygen atoms in total. The molecule has 15 heavy (non-hydrogen) atoms. The van der Waals surface area contributed by atoms with Crippen LogP contribution in [0.1, 0.15) is 37.4 Å². The van der Waals surface area contributed by atoms with Gasteiger partial charge in [-0.2, -0.15) is 0 Å². The van der Waals surface area contributed by atoms with Crippen molar-refractivity contribution in [1.29, 1.82) is 0 Å². The molecule has 0 saturated carbocycles. The summed E-state index contributed by atoms with van der Waals surface area (Å²) in [5, 5.41) is 3.10. The highest BCUT2D eigenvalue weighted by Gasteiger charge is 2.23. The fourth-order valence-electron chi connectivity index (χ4n) is 2.05. The molecule has 0 bridgehead atoms. The second kappa shape index (κ2) is 4.05. The Balaban J connectivity index is 2.11. The first kappa shape index (κ1) is 10.2. The van der Waals surface area contributed by atoms with Crippen LogP contribution in [0.3, 0.4) is 0 Å². The van der Waals surface area contributed by atoms with Crippen molar-refractivity contribution < 1.29 is 4.79 Å². The smallest absolute Gasteiger partial charge is 0.223 e. The number of rotatable bonds is 2. The van der Waals surface area contributed by atoms with Crippen molar-refractivity contribution in [3.63, 3.8) is 0 Å². The first-order valence-electron chi connectivity index (χ1n) is 5.56. The maximum absolute atomic E-state index is 11.6. The van der Waals surface area contributed by atoms with Crippen LogP contribution in [0, 0.1) is 5.92 Å². The van der Waals surface area contributed by atoms with Crippen molar-refractivity contribution in [3.8, 4) is 0 Å². The fourth-order valence-corrected chi connectivity index (χ4v) is 2.05. The van der Waals surface area contributed by atoms with Gasteiger partial charge in [0.25, 0.3) is 0 Å². The van der Waals surface area contributed by atoms with Gasteiger partial charge >= 0.3 is 0 Å². The van der Waals surface area contributed by atoms with Gasteiger partial charge in [-0.05, 0) is 24.0 Å². The Hall–Kier alpha value is -1.31. The molecule has 1 aliphatic carbocycles. The third-order valence-corrected chi connectivity index (χ3v) is 2.97. The van der Waals surface area contributed by atoms with Crippen LogP contribution in [0.2, 0.25) is 0 Å². The third-order valence-electron chi connectivity index (χ3n) is 2.97. The van der Waals surface area contributed by atoms with Crippen LogP contribution in [0.4, 0.5) is 0 Å². The summed E-state index contributed by atoms with van der Waals surface area (Å²) in [7, 11) is 0. The number of fused-ring (bicyclic) bond motifs is 1. The van der Waals surface area contributed by atoms with Gasteiger partial charge in [-0.25, -0.2) is 0 Å². The number of aryl methyl sites for hydroxylation is 1.